The normalized spacial score (nSPS) is 15.3. The van der Waals surface area contributed by atoms with Crippen LogP contribution in [-0.2, 0) is 13.6 Å². The molecule has 1 saturated carbocycles. The zero-order valence-electron chi connectivity index (χ0n) is 12.9. The predicted molar refractivity (Wildman–Crippen MR) is 82.4 cm³/mol. The number of nitrogens with two attached hydrogens (primary N) is 1. The number of hydrogen-bond donors (Lipinski definition) is 2. The molecule has 1 aliphatic carbocycles. The Kier molecular flexibility index (Phi) is 3.77. The smallest absolute Gasteiger partial charge is 0.163 e. The summed E-state index contributed by atoms with van der Waals surface area (Å²) in [6, 6.07) is 0.688. The highest BCUT2D eigenvalue weighted by Gasteiger charge is 2.30. The molecule has 21 heavy (non-hydrogen) atoms. The number of hydrogen-bond acceptors (Lipinski definition) is 6. The standard InChI is InChI=1S/C14H23N7/c1-9(2)7-21(10-4-5-10)8-12-17-13(19-15)11-6-16-20(3)14(11)18-12/h6,9-10H,4-5,7-8,15H2,1-3H3,(H,17,18,19). The third-order valence-electron chi connectivity index (χ3n) is 3.78. The van der Waals surface area contributed by atoms with Crippen LogP contribution in [0, 0.1) is 5.92 Å². The molecule has 0 unspecified atom stereocenters. The first-order valence-corrected chi connectivity index (χ1v) is 7.47. The second-order valence-electron chi connectivity index (χ2n) is 6.19. The molecule has 0 aliphatic heterocycles. The molecule has 0 spiro atoms. The largest absolute Gasteiger partial charge is 0.308 e. The topological polar surface area (TPSA) is 84.9 Å². The van der Waals surface area contributed by atoms with Crippen molar-refractivity contribution in [2.24, 2.45) is 18.8 Å². The molecule has 2 aromatic rings. The van der Waals surface area contributed by atoms with Crippen LogP contribution in [0.15, 0.2) is 6.20 Å². The van der Waals surface area contributed by atoms with Crippen molar-refractivity contribution in [2.75, 3.05) is 12.0 Å². The van der Waals surface area contributed by atoms with E-state index in [4.69, 9.17) is 5.84 Å². The third kappa shape index (κ3) is 2.98. The van der Waals surface area contributed by atoms with Crippen molar-refractivity contribution in [3.05, 3.63) is 12.0 Å². The van der Waals surface area contributed by atoms with E-state index in [1.807, 2.05) is 7.05 Å². The van der Waals surface area contributed by atoms with Gasteiger partial charge in [-0.1, -0.05) is 13.8 Å². The molecule has 3 N–H and O–H groups in total. The monoisotopic (exact) mass is 289 g/mol. The lowest BCUT2D eigenvalue weighted by Crippen LogP contribution is -2.30. The minimum Gasteiger partial charge on any atom is -0.308 e. The van der Waals surface area contributed by atoms with Crippen molar-refractivity contribution >= 4 is 16.9 Å². The number of fused-ring (bicyclic) bond motifs is 1. The number of anilines is 1. The molecule has 0 bridgehead atoms. The fraction of sp³-hybridized carbons (Fsp3) is 0.643. The quantitative estimate of drug-likeness (QED) is 0.615. The Morgan fingerprint density at radius 1 is 1.43 bits per heavy atom. The van der Waals surface area contributed by atoms with Crippen LogP contribution in [0.3, 0.4) is 0 Å². The van der Waals surface area contributed by atoms with Crippen molar-refractivity contribution in [1.82, 2.24) is 24.6 Å². The highest BCUT2D eigenvalue weighted by atomic mass is 15.3. The van der Waals surface area contributed by atoms with E-state index >= 15 is 0 Å². The van der Waals surface area contributed by atoms with E-state index in [-0.39, 0.29) is 0 Å². The number of nitrogen functional groups attached to an aromatic ring is 1. The zero-order chi connectivity index (χ0) is 15.0. The molecule has 1 aliphatic rings. The summed E-state index contributed by atoms with van der Waals surface area (Å²) in [4.78, 5) is 11.7. The number of aryl methyl sites for hydroxylation is 1. The molecule has 0 radical (unpaired) electrons. The first kappa shape index (κ1) is 14.2. The molecule has 1 fully saturated rings. The van der Waals surface area contributed by atoms with Crippen LogP contribution in [0.25, 0.3) is 11.0 Å². The lowest BCUT2D eigenvalue weighted by molar-refractivity contribution is 0.221. The summed E-state index contributed by atoms with van der Waals surface area (Å²) in [7, 11) is 1.88. The minimum absolute atomic E-state index is 0.637. The van der Waals surface area contributed by atoms with E-state index in [9.17, 15) is 0 Å². The van der Waals surface area contributed by atoms with Gasteiger partial charge >= 0.3 is 0 Å². The van der Waals surface area contributed by atoms with Gasteiger partial charge in [0.25, 0.3) is 0 Å². The molecule has 2 aromatic heterocycles. The van der Waals surface area contributed by atoms with E-state index in [0.29, 0.717) is 17.8 Å². The van der Waals surface area contributed by atoms with Gasteiger partial charge in [0.15, 0.2) is 11.5 Å². The van der Waals surface area contributed by atoms with Gasteiger partial charge in [0.05, 0.1) is 18.1 Å². The van der Waals surface area contributed by atoms with Gasteiger partial charge in [-0.25, -0.2) is 15.8 Å². The second-order valence-corrected chi connectivity index (χ2v) is 6.19. The second kappa shape index (κ2) is 5.57. The SMILES string of the molecule is CC(C)CN(Cc1nc(NN)c2cnn(C)c2n1)C1CC1. The molecule has 2 heterocycles. The molecule has 0 saturated heterocycles. The Hall–Kier alpha value is -1.73. The van der Waals surface area contributed by atoms with E-state index in [0.717, 1.165) is 29.9 Å². The van der Waals surface area contributed by atoms with Crippen molar-refractivity contribution in [2.45, 2.75) is 39.3 Å². The van der Waals surface area contributed by atoms with E-state index < -0.39 is 0 Å². The lowest BCUT2D eigenvalue weighted by Gasteiger charge is -2.23. The third-order valence-corrected chi connectivity index (χ3v) is 3.78. The Balaban J connectivity index is 1.90. The summed E-state index contributed by atoms with van der Waals surface area (Å²) in [5, 5.41) is 5.08. The van der Waals surface area contributed by atoms with Crippen LogP contribution in [0.1, 0.15) is 32.5 Å². The van der Waals surface area contributed by atoms with E-state index in [1.54, 1.807) is 10.9 Å². The Labute approximate surface area is 124 Å². The number of rotatable bonds is 6. The maximum Gasteiger partial charge on any atom is 0.163 e. The van der Waals surface area contributed by atoms with Gasteiger partial charge in [0.1, 0.15) is 5.82 Å². The summed E-state index contributed by atoms with van der Waals surface area (Å²) in [5.41, 5.74) is 3.47. The summed E-state index contributed by atoms with van der Waals surface area (Å²) in [6.45, 7) is 6.32. The van der Waals surface area contributed by atoms with Gasteiger partial charge in [0.2, 0.25) is 0 Å². The van der Waals surface area contributed by atoms with Crippen LogP contribution < -0.4 is 11.3 Å². The number of nitrogens with zero attached hydrogens (tertiary/aromatic N) is 5. The highest BCUT2D eigenvalue weighted by molar-refractivity contribution is 5.86. The van der Waals surface area contributed by atoms with Crippen molar-refractivity contribution in [1.29, 1.82) is 0 Å². The number of nitrogens with one attached hydrogen (secondary N) is 1. The van der Waals surface area contributed by atoms with Gasteiger partial charge < -0.3 is 5.43 Å². The fourth-order valence-corrected chi connectivity index (χ4v) is 2.68. The van der Waals surface area contributed by atoms with Crippen molar-refractivity contribution in [3.63, 3.8) is 0 Å². The minimum atomic E-state index is 0.637. The fourth-order valence-electron chi connectivity index (χ4n) is 2.68. The molecule has 0 amide bonds. The molecule has 114 valence electrons. The molecular formula is C14H23N7. The lowest BCUT2D eigenvalue weighted by atomic mass is 10.2. The highest BCUT2D eigenvalue weighted by Crippen LogP contribution is 2.29. The van der Waals surface area contributed by atoms with Crippen LogP contribution in [0.5, 0.6) is 0 Å². The summed E-state index contributed by atoms with van der Waals surface area (Å²) in [5.74, 6) is 7.66. The maximum atomic E-state index is 5.59. The summed E-state index contributed by atoms with van der Waals surface area (Å²) in [6.07, 6.45) is 4.30. The predicted octanol–water partition coefficient (Wildman–Crippen LogP) is 1.27. The van der Waals surface area contributed by atoms with Crippen molar-refractivity contribution in [3.8, 4) is 0 Å². The van der Waals surface area contributed by atoms with E-state index in [1.165, 1.54) is 12.8 Å². The molecule has 7 heteroatoms. The van der Waals surface area contributed by atoms with Crippen LogP contribution in [0.2, 0.25) is 0 Å². The van der Waals surface area contributed by atoms with Crippen molar-refractivity contribution < 1.29 is 0 Å². The number of hydrazine groups is 1. The summed E-state index contributed by atoms with van der Waals surface area (Å²) >= 11 is 0. The van der Waals surface area contributed by atoms with E-state index in [2.05, 4.69) is 39.2 Å². The first-order chi connectivity index (χ1) is 10.1. The number of aromatic nitrogens is 4. The molecule has 3 rings (SSSR count). The maximum absolute atomic E-state index is 5.59. The van der Waals surface area contributed by atoms with Crippen LogP contribution in [0.4, 0.5) is 5.82 Å². The van der Waals surface area contributed by atoms with Gasteiger partial charge in [-0.2, -0.15) is 5.10 Å². The Morgan fingerprint density at radius 2 is 2.19 bits per heavy atom. The average Bonchev–Trinajstić information content (AvgIpc) is 3.22. The van der Waals surface area contributed by atoms with Gasteiger partial charge in [-0.15, -0.1) is 0 Å². The first-order valence-electron chi connectivity index (χ1n) is 7.47. The molecular weight excluding hydrogens is 266 g/mol. The van der Waals surface area contributed by atoms with Gasteiger partial charge in [-0.05, 0) is 18.8 Å². The summed E-state index contributed by atoms with van der Waals surface area (Å²) < 4.78 is 1.76. The van der Waals surface area contributed by atoms with Gasteiger partial charge in [-0.3, -0.25) is 9.58 Å². The molecule has 7 nitrogen and oxygen atoms in total. The van der Waals surface area contributed by atoms with Gasteiger partial charge in [0, 0.05) is 19.6 Å². The zero-order valence-corrected chi connectivity index (χ0v) is 12.9. The Bertz CT molecular complexity index is 630. The molecule has 0 aromatic carbocycles. The molecule has 0 atom stereocenters. The van der Waals surface area contributed by atoms with Crippen LogP contribution in [-0.4, -0.2) is 37.2 Å². The van der Waals surface area contributed by atoms with Crippen LogP contribution >= 0.6 is 0 Å². The average molecular weight is 289 g/mol. The Morgan fingerprint density at radius 3 is 2.81 bits per heavy atom.